The summed E-state index contributed by atoms with van der Waals surface area (Å²) in [5.41, 5.74) is 2.81. The molecule has 0 atom stereocenters. The second kappa shape index (κ2) is 11.0. The predicted molar refractivity (Wildman–Crippen MR) is 110 cm³/mol. The number of carbonyl (C=O) groups is 1. The van der Waals surface area contributed by atoms with Gasteiger partial charge in [-0.3, -0.25) is 4.79 Å². The van der Waals surface area contributed by atoms with Crippen LogP contribution in [0.25, 0.3) is 0 Å². The molecule has 1 N–H and O–H groups in total. The van der Waals surface area contributed by atoms with Gasteiger partial charge in [-0.05, 0) is 67.6 Å². The van der Waals surface area contributed by atoms with Crippen molar-refractivity contribution in [1.29, 1.82) is 0 Å². The fraction of sp³-hybridized carbons (Fsp3) is 0.409. The predicted octanol–water partition coefficient (Wildman–Crippen LogP) is 7.09. The van der Waals surface area contributed by atoms with Gasteiger partial charge in [0.2, 0.25) is 0 Å². The summed E-state index contributed by atoms with van der Waals surface area (Å²) in [4.78, 5) is 12.6. The molecular formula is C22H29NOS. The van der Waals surface area contributed by atoms with Crippen LogP contribution in [0.2, 0.25) is 0 Å². The molecule has 0 radical (unpaired) electrons. The Labute approximate surface area is 156 Å². The van der Waals surface area contributed by atoms with Crippen molar-refractivity contribution < 1.29 is 4.79 Å². The number of rotatable bonds is 11. The molecule has 0 aliphatic carbocycles. The van der Waals surface area contributed by atoms with Crippen LogP contribution < -0.4 is 5.32 Å². The van der Waals surface area contributed by atoms with Gasteiger partial charge in [0.25, 0.3) is 0 Å². The first-order valence-corrected chi connectivity index (χ1v) is 10.3. The minimum absolute atomic E-state index is 0.0956. The lowest BCUT2D eigenvalue weighted by Crippen LogP contribution is -1.94. The van der Waals surface area contributed by atoms with Crippen molar-refractivity contribution in [1.82, 2.24) is 0 Å². The van der Waals surface area contributed by atoms with Crippen molar-refractivity contribution in [3.05, 3.63) is 54.1 Å². The van der Waals surface area contributed by atoms with E-state index in [1.54, 1.807) is 6.92 Å². The number of ketones is 1. The number of carbonyl (C=O) groups excluding carboxylic acids is 1. The van der Waals surface area contributed by atoms with Crippen LogP contribution in [-0.4, -0.2) is 11.5 Å². The molecule has 0 unspecified atom stereocenters. The molecule has 0 aliphatic heterocycles. The van der Waals surface area contributed by atoms with Crippen molar-refractivity contribution in [2.45, 2.75) is 57.3 Å². The molecule has 0 saturated carbocycles. The van der Waals surface area contributed by atoms with Crippen LogP contribution in [0.3, 0.4) is 0 Å². The zero-order valence-corrected chi connectivity index (χ0v) is 16.2. The van der Waals surface area contributed by atoms with Crippen molar-refractivity contribution in [2.75, 3.05) is 11.1 Å². The van der Waals surface area contributed by atoms with E-state index in [-0.39, 0.29) is 5.78 Å². The highest BCUT2D eigenvalue weighted by molar-refractivity contribution is 7.99. The van der Waals surface area contributed by atoms with Crippen molar-refractivity contribution >= 4 is 28.9 Å². The van der Waals surface area contributed by atoms with Crippen LogP contribution in [0.4, 0.5) is 11.4 Å². The third-order valence-electron chi connectivity index (χ3n) is 4.20. The van der Waals surface area contributed by atoms with E-state index >= 15 is 0 Å². The molecule has 2 nitrogen and oxygen atoms in total. The van der Waals surface area contributed by atoms with Crippen LogP contribution in [-0.2, 0) is 0 Å². The minimum Gasteiger partial charge on any atom is -0.356 e. The summed E-state index contributed by atoms with van der Waals surface area (Å²) in [6.45, 7) is 3.85. The van der Waals surface area contributed by atoms with Crippen LogP contribution in [0.5, 0.6) is 0 Å². The smallest absolute Gasteiger partial charge is 0.159 e. The molecule has 25 heavy (non-hydrogen) atoms. The van der Waals surface area contributed by atoms with Crippen molar-refractivity contribution in [3.63, 3.8) is 0 Å². The fourth-order valence-electron chi connectivity index (χ4n) is 2.66. The number of anilines is 2. The van der Waals surface area contributed by atoms with Gasteiger partial charge in [0.05, 0.1) is 0 Å². The number of thioether (sulfide) groups is 1. The van der Waals surface area contributed by atoms with Gasteiger partial charge in [0.1, 0.15) is 0 Å². The molecule has 0 amide bonds. The molecule has 2 rings (SSSR count). The highest BCUT2D eigenvalue weighted by Gasteiger charge is 2.00. The van der Waals surface area contributed by atoms with Crippen molar-refractivity contribution in [2.24, 2.45) is 0 Å². The maximum atomic E-state index is 11.3. The van der Waals surface area contributed by atoms with Crippen LogP contribution in [0, 0.1) is 0 Å². The van der Waals surface area contributed by atoms with E-state index < -0.39 is 0 Å². The van der Waals surface area contributed by atoms with Gasteiger partial charge in [-0.2, -0.15) is 0 Å². The summed E-state index contributed by atoms with van der Waals surface area (Å²) in [5, 5.41) is 3.37. The highest BCUT2D eigenvalue weighted by atomic mass is 32.2. The second-order valence-electron chi connectivity index (χ2n) is 6.40. The number of Topliss-reactive ketones (excluding diaryl/α,β-unsaturated/α-hetero) is 1. The van der Waals surface area contributed by atoms with Gasteiger partial charge in [0.15, 0.2) is 5.78 Å². The summed E-state index contributed by atoms with van der Waals surface area (Å²) >= 11 is 1.94. The molecule has 0 aliphatic rings. The molecule has 0 aromatic heterocycles. The summed E-state index contributed by atoms with van der Waals surface area (Å²) in [6, 6.07) is 16.2. The van der Waals surface area contributed by atoms with E-state index in [0.29, 0.717) is 0 Å². The van der Waals surface area contributed by atoms with E-state index in [9.17, 15) is 4.79 Å². The third kappa shape index (κ3) is 7.35. The second-order valence-corrected chi connectivity index (χ2v) is 7.57. The van der Waals surface area contributed by atoms with Crippen LogP contribution in [0.15, 0.2) is 53.4 Å². The lowest BCUT2D eigenvalue weighted by atomic mass is 10.1. The number of hydrogen-bond acceptors (Lipinski definition) is 3. The molecule has 0 bridgehead atoms. The zero-order chi connectivity index (χ0) is 17.9. The molecule has 2 aromatic rings. The Hall–Kier alpha value is -1.74. The quantitative estimate of drug-likeness (QED) is 0.265. The van der Waals surface area contributed by atoms with Crippen LogP contribution >= 0.6 is 11.8 Å². The lowest BCUT2D eigenvalue weighted by molar-refractivity contribution is 0.101. The zero-order valence-electron chi connectivity index (χ0n) is 15.4. The van der Waals surface area contributed by atoms with Gasteiger partial charge in [-0.25, -0.2) is 0 Å². The van der Waals surface area contributed by atoms with E-state index in [2.05, 4.69) is 36.5 Å². The number of benzene rings is 2. The van der Waals surface area contributed by atoms with E-state index in [1.807, 2.05) is 36.0 Å². The van der Waals surface area contributed by atoms with Gasteiger partial charge in [0, 0.05) is 21.8 Å². The molecule has 0 heterocycles. The number of nitrogens with one attached hydrogen (secondary N) is 1. The van der Waals surface area contributed by atoms with Gasteiger partial charge in [-0.1, -0.05) is 39.0 Å². The SMILES string of the molecule is CCCCCCCCSc1ccc(Nc2ccc(C(C)=O)cc2)cc1. The molecule has 134 valence electrons. The first kappa shape index (κ1) is 19.6. The first-order valence-electron chi connectivity index (χ1n) is 9.30. The summed E-state index contributed by atoms with van der Waals surface area (Å²) in [7, 11) is 0. The van der Waals surface area contributed by atoms with E-state index in [0.717, 1.165) is 16.9 Å². The maximum Gasteiger partial charge on any atom is 0.159 e. The molecule has 3 heteroatoms. The average molecular weight is 356 g/mol. The highest BCUT2D eigenvalue weighted by Crippen LogP contribution is 2.24. The topological polar surface area (TPSA) is 29.1 Å². The molecule has 0 saturated heterocycles. The van der Waals surface area contributed by atoms with Gasteiger partial charge < -0.3 is 5.32 Å². The fourth-order valence-corrected chi connectivity index (χ4v) is 3.57. The Balaban J connectivity index is 1.73. The van der Waals surface area contributed by atoms with Crippen molar-refractivity contribution in [3.8, 4) is 0 Å². The Morgan fingerprint density at radius 3 is 2.00 bits per heavy atom. The molecule has 0 spiro atoms. The van der Waals surface area contributed by atoms with Gasteiger partial charge in [-0.15, -0.1) is 11.8 Å². The maximum absolute atomic E-state index is 11.3. The number of unbranched alkanes of at least 4 members (excludes halogenated alkanes) is 5. The summed E-state index contributed by atoms with van der Waals surface area (Å²) in [5.74, 6) is 1.30. The Morgan fingerprint density at radius 2 is 1.40 bits per heavy atom. The first-order chi connectivity index (χ1) is 12.2. The van der Waals surface area contributed by atoms with E-state index in [4.69, 9.17) is 0 Å². The molecular weight excluding hydrogens is 326 g/mol. The van der Waals surface area contributed by atoms with Crippen LogP contribution in [0.1, 0.15) is 62.7 Å². The summed E-state index contributed by atoms with van der Waals surface area (Å²) < 4.78 is 0. The molecule has 0 fully saturated rings. The molecule has 2 aromatic carbocycles. The largest absolute Gasteiger partial charge is 0.356 e. The normalized spacial score (nSPS) is 10.6. The number of hydrogen-bond donors (Lipinski definition) is 1. The Bertz CT molecular complexity index is 634. The van der Waals surface area contributed by atoms with Gasteiger partial charge >= 0.3 is 0 Å². The standard InChI is InChI=1S/C22H29NOS/c1-3-4-5-6-7-8-17-25-22-15-13-21(14-16-22)23-20-11-9-19(10-12-20)18(2)24/h9-16,23H,3-8,17H2,1-2H3. The summed E-state index contributed by atoms with van der Waals surface area (Å²) in [6.07, 6.45) is 8.10. The lowest BCUT2D eigenvalue weighted by Gasteiger charge is -2.08. The Kier molecular flexibility index (Phi) is 8.61. The Morgan fingerprint density at radius 1 is 0.840 bits per heavy atom. The third-order valence-corrected chi connectivity index (χ3v) is 5.30. The average Bonchev–Trinajstić information content (AvgIpc) is 2.63. The minimum atomic E-state index is 0.0956. The van der Waals surface area contributed by atoms with E-state index in [1.165, 1.54) is 49.2 Å². The monoisotopic (exact) mass is 355 g/mol.